The quantitative estimate of drug-likeness (QED) is 0.289. The second kappa shape index (κ2) is 12.2. The maximum Gasteiger partial charge on any atom is 0.507 e. The van der Waals surface area contributed by atoms with E-state index < -0.39 is 12.4 Å². The third-order valence-corrected chi connectivity index (χ3v) is 8.80. The molecule has 0 aliphatic carbocycles. The Bertz CT molecular complexity index is 1200. The molecule has 3 aromatic carbocycles. The van der Waals surface area contributed by atoms with Crippen molar-refractivity contribution in [2.24, 2.45) is 5.92 Å². The van der Waals surface area contributed by atoms with Crippen LogP contribution in [0.5, 0.6) is 5.75 Å². The van der Waals surface area contributed by atoms with Gasteiger partial charge in [-0.1, -0.05) is 86.6 Å². The number of hydrogen-bond donors (Lipinski definition) is 2. The number of piperidine rings is 3. The van der Waals surface area contributed by atoms with Crippen LogP contribution >= 0.6 is 0 Å². The Kier molecular flexibility index (Phi) is 8.53. The number of carbonyl (C=O) groups is 1. The van der Waals surface area contributed by atoms with Crippen LogP contribution < -0.4 is 10.1 Å². The molecule has 0 saturated carbocycles. The van der Waals surface area contributed by atoms with Crippen LogP contribution in [0.25, 0.3) is 0 Å². The average molecular weight is 529 g/mol. The van der Waals surface area contributed by atoms with Gasteiger partial charge in [-0.25, -0.2) is 4.79 Å². The molecular weight excluding hydrogens is 488 g/mol. The van der Waals surface area contributed by atoms with Crippen molar-refractivity contribution in [2.75, 3.05) is 13.7 Å². The Morgan fingerprint density at radius 2 is 1.69 bits per heavy atom. The summed E-state index contributed by atoms with van der Waals surface area (Å²) in [6.07, 6.45) is 1.14. The number of ether oxygens (including phenoxy) is 2. The lowest BCUT2D eigenvalue weighted by atomic mass is 9.70. The highest BCUT2D eigenvalue weighted by Gasteiger charge is 2.51. The van der Waals surface area contributed by atoms with Crippen LogP contribution in [0.1, 0.15) is 67.2 Å². The number of fused-ring (bicyclic) bond motifs is 3. The second-order valence-electron chi connectivity index (χ2n) is 10.9. The first-order valence-corrected chi connectivity index (χ1v) is 14.2. The molecule has 0 spiro atoms. The van der Waals surface area contributed by atoms with E-state index in [2.05, 4.69) is 90.8 Å². The molecule has 6 rings (SSSR count). The molecule has 0 aromatic heterocycles. The van der Waals surface area contributed by atoms with E-state index in [0.717, 1.165) is 30.7 Å². The average Bonchev–Trinajstić information content (AvgIpc) is 2.97. The topological polar surface area (TPSA) is 71.0 Å². The zero-order chi connectivity index (χ0) is 27.4. The van der Waals surface area contributed by atoms with E-state index in [0.29, 0.717) is 24.8 Å². The summed E-state index contributed by atoms with van der Waals surface area (Å²) in [7, 11) is 1.73. The molecule has 0 amide bonds. The van der Waals surface area contributed by atoms with Crippen LogP contribution in [-0.2, 0) is 11.3 Å². The normalized spacial score (nSPS) is 24.9. The summed E-state index contributed by atoms with van der Waals surface area (Å²) in [4.78, 5) is 14.0. The molecule has 6 heteroatoms. The van der Waals surface area contributed by atoms with E-state index in [1.165, 1.54) is 16.7 Å². The van der Waals surface area contributed by atoms with Gasteiger partial charge in [-0.05, 0) is 47.4 Å². The highest BCUT2D eigenvalue weighted by molar-refractivity contribution is 5.57. The lowest BCUT2D eigenvalue weighted by Crippen LogP contribution is -2.68. The minimum atomic E-state index is -1.21. The first-order chi connectivity index (χ1) is 19.0. The SMILES string of the molecule is CCC(C)c1ccc(OC)c(CN[C@H]2[C@H]3CCN(C(OC(=O)O)C3)[C@H]2C(c2ccccc2)c2ccccc2)c1. The van der Waals surface area contributed by atoms with Crippen LogP contribution in [0, 0.1) is 5.92 Å². The van der Waals surface area contributed by atoms with Crippen molar-refractivity contribution in [2.45, 2.75) is 69.8 Å². The van der Waals surface area contributed by atoms with Crippen molar-refractivity contribution < 1.29 is 19.4 Å². The number of benzene rings is 3. The highest BCUT2D eigenvalue weighted by atomic mass is 16.7. The van der Waals surface area contributed by atoms with E-state index in [9.17, 15) is 9.90 Å². The fraction of sp³-hybridized carbons (Fsp3) is 0.424. The zero-order valence-corrected chi connectivity index (χ0v) is 23.1. The highest BCUT2D eigenvalue weighted by Crippen LogP contribution is 2.45. The molecule has 206 valence electrons. The molecule has 3 unspecified atom stereocenters. The van der Waals surface area contributed by atoms with E-state index in [1.54, 1.807) is 7.11 Å². The number of carboxylic acid groups (broad SMARTS) is 1. The Morgan fingerprint density at radius 1 is 1.03 bits per heavy atom. The molecule has 3 saturated heterocycles. The number of nitrogens with one attached hydrogen (secondary N) is 1. The third kappa shape index (κ3) is 5.82. The predicted molar refractivity (Wildman–Crippen MR) is 153 cm³/mol. The van der Waals surface area contributed by atoms with Gasteiger partial charge in [-0.2, -0.15) is 0 Å². The number of hydrogen-bond acceptors (Lipinski definition) is 5. The molecule has 2 N–H and O–H groups in total. The van der Waals surface area contributed by atoms with Gasteiger partial charge in [0.15, 0.2) is 6.23 Å². The van der Waals surface area contributed by atoms with E-state index in [1.807, 2.05) is 12.1 Å². The lowest BCUT2D eigenvalue weighted by Gasteiger charge is -2.56. The smallest absolute Gasteiger partial charge is 0.496 e. The summed E-state index contributed by atoms with van der Waals surface area (Å²) in [5, 5.41) is 13.5. The van der Waals surface area contributed by atoms with Gasteiger partial charge in [0.2, 0.25) is 0 Å². The fourth-order valence-electron chi connectivity index (χ4n) is 6.66. The summed E-state index contributed by atoms with van der Waals surface area (Å²) in [6, 6.07) is 27.9. The monoisotopic (exact) mass is 528 g/mol. The van der Waals surface area contributed by atoms with Crippen LogP contribution in [-0.4, -0.2) is 48.1 Å². The third-order valence-electron chi connectivity index (χ3n) is 8.80. The van der Waals surface area contributed by atoms with Crippen molar-refractivity contribution in [3.8, 4) is 5.75 Å². The summed E-state index contributed by atoms with van der Waals surface area (Å²) in [5.74, 6) is 1.72. The maximum atomic E-state index is 11.7. The van der Waals surface area contributed by atoms with E-state index in [-0.39, 0.29) is 18.0 Å². The van der Waals surface area contributed by atoms with Crippen molar-refractivity contribution in [1.29, 1.82) is 0 Å². The summed E-state index contributed by atoms with van der Waals surface area (Å²) in [6.45, 7) is 5.97. The van der Waals surface area contributed by atoms with Crippen LogP contribution in [0.2, 0.25) is 0 Å². The standard InChI is InChI=1S/C33H40N2O4/c1-4-22(2)25-15-16-28(38-3)27(19-25)21-34-31-26-17-18-35(29(20-26)39-33(36)37)32(31)30(23-11-7-5-8-12-23)24-13-9-6-10-14-24/h5-16,19,22,26,29-32,34H,4,17-18,20-21H2,1-3H3,(H,36,37)/t22?,26-,29?,31-,32-/m0/s1. The summed E-state index contributed by atoms with van der Waals surface area (Å²) < 4.78 is 11.2. The number of rotatable bonds is 10. The fourth-order valence-corrected chi connectivity index (χ4v) is 6.66. The van der Waals surface area contributed by atoms with Gasteiger partial charge < -0.3 is 19.9 Å². The van der Waals surface area contributed by atoms with Crippen molar-refractivity contribution in [3.05, 3.63) is 101 Å². The predicted octanol–water partition coefficient (Wildman–Crippen LogP) is 6.61. The van der Waals surface area contributed by atoms with Gasteiger partial charge in [0.1, 0.15) is 5.75 Å². The molecule has 6 atom stereocenters. The van der Waals surface area contributed by atoms with Crippen molar-refractivity contribution >= 4 is 6.16 Å². The Hall–Kier alpha value is -3.35. The Labute approximate surface area is 232 Å². The largest absolute Gasteiger partial charge is 0.507 e. The molecule has 39 heavy (non-hydrogen) atoms. The van der Waals surface area contributed by atoms with E-state index >= 15 is 0 Å². The minimum absolute atomic E-state index is 0.0235. The van der Waals surface area contributed by atoms with Gasteiger partial charge in [0.05, 0.1) is 7.11 Å². The van der Waals surface area contributed by atoms with Crippen LogP contribution in [0.4, 0.5) is 4.79 Å². The molecule has 0 radical (unpaired) electrons. The van der Waals surface area contributed by atoms with Crippen LogP contribution in [0.15, 0.2) is 78.9 Å². The molecule has 3 heterocycles. The molecule has 6 nitrogen and oxygen atoms in total. The summed E-state index contributed by atoms with van der Waals surface area (Å²) >= 11 is 0. The first kappa shape index (κ1) is 27.2. The van der Waals surface area contributed by atoms with Gasteiger partial charge in [0.25, 0.3) is 0 Å². The molecule has 3 fully saturated rings. The molecule has 3 aliphatic heterocycles. The number of nitrogens with zero attached hydrogens (tertiary/aromatic N) is 1. The van der Waals surface area contributed by atoms with Crippen LogP contribution in [0.3, 0.4) is 0 Å². The molecular formula is C33H40N2O4. The maximum absolute atomic E-state index is 11.7. The second-order valence-corrected chi connectivity index (χ2v) is 10.9. The first-order valence-electron chi connectivity index (χ1n) is 14.2. The van der Waals surface area contributed by atoms with Gasteiger partial charge in [0, 0.05) is 43.1 Å². The Balaban J connectivity index is 1.52. The molecule has 3 aliphatic rings. The molecule has 3 aromatic rings. The van der Waals surface area contributed by atoms with Gasteiger partial charge >= 0.3 is 6.16 Å². The van der Waals surface area contributed by atoms with Gasteiger partial charge in [-0.15, -0.1) is 0 Å². The minimum Gasteiger partial charge on any atom is -0.496 e. The zero-order valence-electron chi connectivity index (χ0n) is 23.1. The van der Waals surface area contributed by atoms with Gasteiger partial charge in [-0.3, -0.25) is 4.90 Å². The number of methoxy groups -OCH3 is 1. The molecule has 2 bridgehead atoms. The lowest BCUT2D eigenvalue weighted by molar-refractivity contribution is -0.139. The Morgan fingerprint density at radius 3 is 2.28 bits per heavy atom. The summed E-state index contributed by atoms with van der Waals surface area (Å²) in [5.41, 5.74) is 4.92. The van der Waals surface area contributed by atoms with E-state index in [4.69, 9.17) is 9.47 Å². The van der Waals surface area contributed by atoms with Crippen molar-refractivity contribution in [3.63, 3.8) is 0 Å². The van der Waals surface area contributed by atoms with Crippen molar-refractivity contribution in [1.82, 2.24) is 10.2 Å².